The highest BCUT2D eigenvalue weighted by atomic mass is 16.5. The summed E-state index contributed by atoms with van der Waals surface area (Å²) < 4.78 is 5.52. The van der Waals surface area contributed by atoms with Crippen LogP contribution in [0.5, 0.6) is 0 Å². The average Bonchev–Trinajstić information content (AvgIpc) is 3.54. The molecule has 3 N–H and O–H groups in total. The number of carbonyl (C=O) groups is 2. The number of rotatable bonds is 77. The summed E-state index contributed by atoms with van der Waals surface area (Å²) in [6, 6.07) is -0.540. The third-order valence-electron chi connectivity index (χ3n) is 19.4. The number of carbonyl (C=O) groups excluding carboxylic acids is 2. The first-order valence-electron chi connectivity index (χ1n) is 40.3. The van der Waals surface area contributed by atoms with E-state index in [1.54, 1.807) is 0 Å². The minimum absolute atomic E-state index is 0.0247. The number of esters is 1. The standard InChI is InChI=1S/C80H159NO5/c1-3-5-7-9-11-13-15-17-19-21-23-24-30-33-37-40-44-48-52-56-60-64-68-72-78(83)77(76-82)81-79(84)73-69-65-61-57-53-49-45-41-38-34-31-28-26-25-27-29-32-35-39-43-47-51-55-59-63-67-71-75-86-80(85)74-70-66-62-58-54-50-46-42-36-22-20-18-16-14-12-10-8-6-4-2/h77-78,82-83H,3-76H2,1-2H3,(H,81,84). The van der Waals surface area contributed by atoms with Gasteiger partial charge in [-0.05, 0) is 25.7 Å². The number of unbranched alkanes of at least 4 members (excludes halogenated alkanes) is 66. The van der Waals surface area contributed by atoms with E-state index in [9.17, 15) is 19.8 Å². The largest absolute Gasteiger partial charge is 0.466 e. The highest BCUT2D eigenvalue weighted by Crippen LogP contribution is 2.21. The molecule has 0 aromatic carbocycles. The SMILES string of the molecule is CCCCCCCCCCCCCCCCCCCCCCCCCC(O)C(CO)NC(=O)CCCCCCCCCCCCCCCCCCCCCCCCCCCCCOC(=O)CCCCCCCCCCCCCCCCCCCCC. The van der Waals surface area contributed by atoms with Crippen LogP contribution in [0.1, 0.15) is 476 Å². The van der Waals surface area contributed by atoms with Crippen molar-refractivity contribution in [1.82, 2.24) is 5.32 Å². The molecule has 86 heavy (non-hydrogen) atoms. The number of ether oxygens (including phenoxy) is 1. The monoisotopic (exact) mass is 1210 g/mol. The number of hydrogen-bond donors (Lipinski definition) is 3. The molecule has 0 saturated carbocycles. The van der Waals surface area contributed by atoms with Crippen molar-refractivity contribution in [3.05, 3.63) is 0 Å². The lowest BCUT2D eigenvalue weighted by Gasteiger charge is -2.22. The molecular formula is C80H159NO5. The van der Waals surface area contributed by atoms with Crippen LogP contribution in [0.15, 0.2) is 0 Å². The number of aliphatic hydroxyl groups is 2. The van der Waals surface area contributed by atoms with Crippen molar-refractivity contribution < 1.29 is 24.5 Å². The normalized spacial score (nSPS) is 12.4. The predicted molar refractivity (Wildman–Crippen MR) is 380 cm³/mol. The van der Waals surface area contributed by atoms with E-state index in [0.717, 1.165) is 38.5 Å². The second kappa shape index (κ2) is 76.3. The maximum Gasteiger partial charge on any atom is 0.305 e. The minimum atomic E-state index is -0.663. The van der Waals surface area contributed by atoms with Crippen molar-refractivity contribution in [3.63, 3.8) is 0 Å². The summed E-state index contributed by atoms with van der Waals surface area (Å²) in [4.78, 5) is 24.7. The van der Waals surface area contributed by atoms with Gasteiger partial charge in [0, 0.05) is 12.8 Å². The van der Waals surface area contributed by atoms with Crippen LogP contribution in [-0.4, -0.2) is 47.4 Å². The zero-order chi connectivity index (χ0) is 62.0. The van der Waals surface area contributed by atoms with Gasteiger partial charge in [-0.15, -0.1) is 0 Å². The molecule has 0 aliphatic heterocycles. The first-order chi connectivity index (χ1) is 42.5. The zero-order valence-electron chi connectivity index (χ0n) is 59.1. The quantitative estimate of drug-likeness (QED) is 0.0417. The van der Waals surface area contributed by atoms with Crippen LogP contribution in [0, 0.1) is 0 Å². The van der Waals surface area contributed by atoms with E-state index >= 15 is 0 Å². The Morgan fingerprint density at radius 3 is 0.709 bits per heavy atom. The van der Waals surface area contributed by atoms with Crippen LogP contribution in [0.3, 0.4) is 0 Å². The van der Waals surface area contributed by atoms with Crippen molar-refractivity contribution in [2.45, 2.75) is 488 Å². The summed E-state index contributed by atoms with van der Waals surface area (Å²) in [5.41, 5.74) is 0. The molecule has 0 fully saturated rings. The van der Waals surface area contributed by atoms with Crippen molar-refractivity contribution in [2.75, 3.05) is 13.2 Å². The van der Waals surface area contributed by atoms with E-state index < -0.39 is 12.1 Å². The van der Waals surface area contributed by atoms with E-state index in [1.807, 2.05) is 0 Å². The molecule has 0 bridgehead atoms. The van der Waals surface area contributed by atoms with E-state index in [-0.39, 0.29) is 18.5 Å². The third kappa shape index (κ3) is 71.9. The Bertz CT molecular complexity index is 1260. The number of nitrogens with one attached hydrogen (secondary N) is 1. The Labute approximate surface area is 540 Å². The lowest BCUT2D eigenvalue weighted by molar-refractivity contribution is -0.143. The van der Waals surface area contributed by atoms with Crippen molar-refractivity contribution in [3.8, 4) is 0 Å². The van der Waals surface area contributed by atoms with E-state index in [4.69, 9.17) is 4.74 Å². The second-order valence-corrected chi connectivity index (χ2v) is 28.1. The van der Waals surface area contributed by atoms with Gasteiger partial charge in [0.25, 0.3) is 0 Å². The maximum atomic E-state index is 12.6. The Morgan fingerprint density at radius 1 is 0.279 bits per heavy atom. The number of amides is 1. The van der Waals surface area contributed by atoms with Crippen LogP contribution in [0.2, 0.25) is 0 Å². The third-order valence-corrected chi connectivity index (χ3v) is 19.4. The van der Waals surface area contributed by atoms with Gasteiger partial charge in [-0.3, -0.25) is 9.59 Å². The molecule has 0 heterocycles. The molecule has 0 rings (SSSR count). The molecule has 0 spiro atoms. The Hall–Kier alpha value is -1.14. The van der Waals surface area contributed by atoms with Gasteiger partial charge < -0.3 is 20.3 Å². The summed E-state index contributed by atoms with van der Waals surface area (Å²) in [6.07, 6.45) is 94.8. The molecule has 0 aliphatic carbocycles. The van der Waals surface area contributed by atoms with Gasteiger partial charge in [-0.25, -0.2) is 0 Å². The molecule has 0 radical (unpaired) electrons. The number of aliphatic hydroxyl groups excluding tert-OH is 2. The fourth-order valence-corrected chi connectivity index (χ4v) is 13.3. The fourth-order valence-electron chi connectivity index (χ4n) is 13.3. The molecule has 6 heteroatoms. The van der Waals surface area contributed by atoms with Crippen LogP contribution >= 0.6 is 0 Å². The predicted octanol–water partition coefficient (Wildman–Crippen LogP) is 26.5. The molecule has 2 unspecified atom stereocenters. The molecule has 0 aromatic heterocycles. The van der Waals surface area contributed by atoms with Crippen molar-refractivity contribution in [1.29, 1.82) is 0 Å². The van der Waals surface area contributed by atoms with E-state index in [0.29, 0.717) is 25.9 Å². The summed E-state index contributed by atoms with van der Waals surface area (Å²) in [7, 11) is 0. The first kappa shape index (κ1) is 84.9. The van der Waals surface area contributed by atoms with Gasteiger partial charge in [0.05, 0.1) is 25.4 Å². The van der Waals surface area contributed by atoms with Crippen LogP contribution in [0.25, 0.3) is 0 Å². The lowest BCUT2D eigenvalue weighted by atomic mass is 10.0. The van der Waals surface area contributed by atoms with Gasteiger partial charge in [0.15, 0.2) is 0 Å². The first-order valence-corrected chi connectivity index (χ1v) is 40.3. The summed E-state index contributed by atoms with van der Waals surface area (Å²) >= 11 is 0. The second-order valence-electron chi connectivity index (χ2n) is 28.1. The Morgan fingerprint density at radius 2 is 0.477 bits per heavy atom. The van der Waals surface area contributed by atoms with Crippen LogP contribution < -0.4 is 5.32 Å². The van der Waals surface area contributed by atoms with Gasteiger partial charge >= 0.3 is 5.97 Å². The summed E-state index contributed by atoms with van der Waals surface area (Å²) in [5.74, 6) is -0.000953. The van der Waals surface area contributed by atoms with Gasteiger partial charge in [0.1, 0.15) is 0 Å². The van der Waals surface area contributed by atoms with E-state index in [1.165, 1.54) is 405 Å². The molecule has 6 nitrogen and oxygen atoms in total. The van der Waals surface area contributed by atoms with Gasteiger partial charge in [-0.1, -0.05) is 438 Å². The highest BCUT2D eigenvalue weighted by molar-refractivity contribution is 5.76. The highest BCUT2D eigenvalue weighted by Gasteiger charge is 2.20. The summed E-state index contributed by atoms with van der Waals surface area (Å²) in [5, 5.41) is 23.5. The Balaban J connectivity index is 3.33. The zero-order valence-corrected chi connectivity index (χ0v) is 59.1. The molecule has 1 amide bonds. The van der Waals surface area contributed by atoms with Crippen molar-refractivity contribution in [2.24, 2.45) is 0 Å². The molecule has 514 valence electrons. The minimum Gasteiger partial charge on any atom is -0.466 e. The molecule has 0 saturated heterocycles. The smallest absolute Gasteiger partial charge is 0.305 e. The number of hydrogen-bond acceptors (Lipinski definition) is 5. The molecular weight excluding hydrogens is 1050 g/mol. The molecule has 0 aromatic rings. The van der Waals surface area contributed by atoms with Crippen molar-refractivity contribution >= 4 is 11.9 Å². The van der Waals surface area contributed by atoms with Gasteiger partial charge in [-0.2, -0.15) is 0 Å². The van der Waals surface area contributed by atoms with Gasteiger partial charge in [0.2, 0.25) is 5.91 Å². The van der Waals surface area contributed by atoms with Crippen LogP contribution in [-0.2, 0) is 14.3 Å². The molecule has 2 atom stereocenters. The lowest BCUT2D eigenvalue weighted by Crippen LogP contribution is -2.45. The Kier molecular flexibility index (Phi) is 75.3. The maximum absolute atomic E-state index is 12.6. The fraction of sp³-hybridized carbons (Fsp3) is 0.975. The topological polar surface area (TPSA) is 95.9 Å². The van der Waals surface area contributed by atoms with E-state index in [2.05, 4.69) is 19.2 Å². The molecule has 0 aliphatic rings. The summed E-state index contributed by atoms with van der Waals surface area (Å²) in [6.45, 7) is 5.02. The average molecular weight is 1220 g/mol. The van der Waals surface area contributed by atoms with Crippen LogP contribution in [0.4, 0.5) is 0 Å².